The fourth-order valence-electron chi connectivity index (χ4n) is 3.54. The molecule has 1 aliphatic rings. The number of carbonyl (C=O) groups is 1. The number of terminal acetylenes is 1. The van der Waals surface area contributed by atoms with Gasteiger partial charge < -0.3 is 4.74 Å². The zero-order chi connectivity index (χ0) is 17.2. The molecule has 0 aromatic heterocycles. The first-order valence-corrected chi connectivity index (χ1v) is 9.51. The Morgan fingerprint density at radius 1 is 1.08 bits per heavy atom. The van der Waals surface area contributed by atoms with Gasteiger partial charge in [-0.15, -0.1) is 6.42 Å². The lowest BCUT2D eigenvalue weighted by Gasteiger charge is -2.27. The van der Waals surface area contributed by atoms with Gasteiger partial charge in [-0.05, 0) is 55.9 Å². The van der Waals surface area contributed by atoms with E-state index in [-0.39, 0.29) is 11.9 Å². The SMILES string of the molecule is C#Cc1ccc(OC(=O)[C@H]2CC[C@H](CCCCCCC)CC2)cc1. The van der Waals surface area contributed by atoms with E-state index in [1.165, 1.54) is 51.4 Å². The fraction of sp³-hybridized carbons (Fsp3) is 0.591. The third-order valence-electron chi connectivity index (χ3n) is 5.14. The molecule has 0 radical (unpaired) electrons. The van der Waals surface area contributed by atoms with Crippen LogP contribution in [-0.4, -0.2) is 5.97 Å². The average molecular weight is 326 g/mol. The Hall–Kier alpha value is -1.75. The standard InChI is InChI=1S/C22H30O2/c1-3-5-6-7-8-9-19-10-14-20(15-11-19)22(23)24-21-16-12-18(4-2)13-17-21/h2,12-13,16-17,19-20H,3,5-11,14-15H2,1H3/t19-,20-. The lowest BCUT2D eigenvalue weighted by atomic mass is 9.80. The van der Waals surface area contributed by atoms with Gasteiger partial charge in [0.25, 0.3) is 0 Å². The van der Waals surface area contributed by atoms with Gasteiger partial charge in [0.05, 0.1) is 5.92 Å². The molecule has 0 N–H and O–H groups in total. The first-order chi connectivity index (χ1) is 11.7. The largest absolute Gasteiger partial charge is 0.426 e. The highest BCUT2D eigenvalue weighted by Crippen LogP contribution is 2.33. The highest BCUT2D eigenvalue weighted by atomic mass is 16.5. The maximum atomic E-state index is 12.3. The van der Waals surface area contributed by atoms with E-state index in [2.05, 4.69) is 12.8 Å². The molecule has 2 heteroatoms. The highest BCUT2D eigenvalue weighted by Gasteiger charge is 2.27. The Bertz CT molecular complexity index is 530. The van der Waals surface area contributed by atoms with E-state index in [0.717, 1.165) is 24.3 Å². The Morgan fingerprint density at radius 3 is 2.38 bits per heavy atom. The predicted octanol–water partition coefficient (Wildman–Crippen LogP) is 5.74. The van der Waals surface area contributed by atoms with Crippen LogP contribution in [0.1, 0.15) is 76.7 Å². The Morgan fingerprint density at radius 2 is 1.75 bits per heavy atom. The third kappa shape index (κ3) is 6.04. The molecule has 24 heavy (non-hydrogen) atoms. The zero-order valence-electron chi connectivity index (χ0n) is 14.9. The molecule has 0 heterocycles. The van der Waals surface area contributed by atoms with E-state index in [9.17, 15) is 4.79 Å². The van der Waals surface area contributed by atoms with Crippen LogP contribution in [0.5, 0.6) is 5.75 Å². The summed E-state index contributed by atoms with van der Waals surface area (Å²) in [5, 5.41) is 0. The number of hydrogen-bond acceptors (Lipinski definition) is 2. The lowest BCUT2D eigenvalue weighted by Crippen LogP contribution is -2.25. The molecule has 2 nitrogen and oxygen atoms in total. The van der Waals surface area contributed by atoms with Gasteiger partial charge in [0, 0.05) is 5.56 Å². The van der Waals surface area contributed by atoms with Gasteiger partial charge in [0.1, 0.15) is 5.75 Å². The predicted molar refractivity (Wildman–Crippen MR) is 98.8 cm³/mol. The summed E-state index contributed by atoms with van der Waals surface area (Å²) in [4.78, 5) is 12.3. The highest BCUT2D eigenvalue weighted by molar-refractivity contribution is 5.75. The molecule has 130 valence electrons. The van der Waals surface area contributed by atoms with Crippen LogP contribution in [0, 0.1) is 24.2 Å². The molecule has 0 amide bonds. The second-order valence-electron chi connectivity index (χ2n) is 7.01. The van der Waals surface area contributed by atoms with Crippen LogP contribution in [-0.2, 0) is 4.79 Å². The number of rotatable bonds is 8. The van der Waals surface area contributed by atoms with Gasteiger partial charge in [0.15, 0.2) is 0 Å². The summed E-state index contributed by atoms with van der Waals surface area (Å²) < 4.78 is 5.51. The van der Waals surface area contributed by atoms with Crippen molar-refractivity contribution in [1.82, 2.24) is 0 Å². The number of hydrogen-bond donors (Lipinski definition) is 0. The van der Waals surface area contributed by atoms with Crippen molar-refractivity contribution in [3.05, 3.63) is 29.8 Å². The first-order valence-electron chi connectivity index (χ1n) is 9.51. The molecule has 0 spiro atoms. The molecule has 2 rings (SSSR count). The lowest BCUT2D eigenvalue weighted by molar-refractivity contribution is -0.140. The van der Waals surface area contributed by atoms with Crippen molar-refractivity contribution in [2.24, 2.45) is 11.8 Å². The minimum absolute atomic E-state index is 0.0636. The van der Waals surface area contributed by atoms with Gasteiger partial charge in [-0.25, -0.2) is 0 Å². The molecule has 1 aliphatic carbocycles. The van der Waals surface area contributed by atoms with Crippen molar-refractivity contribution in [1.29, 1.82) is 0 Å². The number of benzene rings is 1. The minimum atomic E-state index is -0.0788. The van der Waals surface area contributed by atoms with Gasteiger partial charge in [-0.3, -0.25) is 4.79 Å². The summed E-state index contributed by atoms with van der Waals surface area (Å²) in [5.74, 6) is 3.95. The maximum Gasteiger partial charge on any atom is 0.314 e. The van der Waals surface area contributed by atoms with Gasteiger partial charge >= 0.3 is 5.97 Å². The molecule has 0 bridgehead atoms. The van der Waals surface area contributed by atoms with E-state index in [4.69, 9.17) is 11.2 Å². The van der Waals surface area contributed by atoms with Crippen LogP contribution in [0.4, 0.5) is 0 Å². The van der Waals surface area contributed by atoms with Crippen molar-refractivity contribution in [2.45, 2.75) is 71.1 Å². The van der Waals surface area contributed by atoms with Crippen molar-refractivity contribution in [3.8, 4) is 18.1 Å². The van der Waals surface area contributed by atoms with Crippen LogP contribution in [0.3, 0.4) is 0 Å². The van der Waals surface area contributed by atoms with E-state index < -0.39 is 0 Å². The Labute approximate surface area is 147 Å². The van der Waals surface area contributed by atoms with Crippen LogP contribution >= 0.6 is 0 Å². The molecule has 0 unspecified atom stereocenters. The molecule has 1 aromatic rings. The molecule has 0 atom stereocenters. The second kappa shape index (κ2) is 10.2. The third-order valence-corrected chi connectivity index (χ3v) is 5.14. The van der Waals surface area contributed by atoms with Crippen molar-refractivity contribution in [3.63, 3.8) is 0 Å². The minimum Gasteiger partial charge on any atom is -0.426 e. The fourth-order valence-corrected chi connectivity index (χ4v) is 3.54. The quantitative estimate of drug-likeness (QED) is 0.263. The summed E-state index contributed by atoms with van der Waals surface area (Å²) in [6.07, 6.45) is 17.7. The molecule has 1 saturated carbocycles. The van der Waals surface area contributed by atoms with E-state index >= 15 is 0 Å². The molecular formula is C22H30O2. The molecule has 1 fully saturated rings. The van der Waals surface area contributed by atoms with Crippen LogP contribution in [0.2, 0.25) is 0 Å². The normalized spacial score (nSPS) is 20.3. The summed E-state index contributed by atoms with van der Waals surface area (Å²) in [6.45, 7) is 2.25. The Balaban J connectivity index is 1.67. The number of ether oxygens (including phenoxy) is 1. The van der Waals surface area contributed by atoms with E-state index in [1.807, 2.05) is 0 Å². The van der Waals surface area contributed by atoms with Crippen LogP contribution in [0.15, 0.2) is 24.3 Å². The maximum absolute atomic E-state index is 12.3. The first kappa shape index (κ1) is 18.6. The van der Waals surface area contributed by atoms with Crippen molar-refractivity contribution >= 4 is 5.97 Å². The summed E-state index contributed by atoms with van der Waals surface area (Å²) in [5.41, 5.74) is 0.800. The number of carbonyl (C=O) groups excluding carboxylic acids is 1. The number of unbranched alkanes of at least 4 members (excludes halogenated alkanes) is 4. The summed E-state index contributed by atoms with van der Waals surface area (Å²) in [7, 11) is 0. The average Bonchev–Trinajstić information content (AvgIpc) is 2.62. The smallest absolute Gasteiger partial charge is 0.314 e. The summed E-state index contributed by atoms with van der Waals surface area (Å²) in [6, 6.07) is 7.15. The monoisotopic (exact) mass is 326 g/mol. The van der Waals surface area contributed by atoms with Crippen LogP contribution < -0.4 is 4.74 Å². The van der Waals surface area contributed by atoms with E-state index in [0.29, 0.717) is 5.75 Å². The molecule has 1 aromatic carbocycles. The Kier molecular flexibility index (Phi) is 7.89. The number of esters is 1. The van der Waals surface area contributed by atoms with Crippen LogP contribution in [0.25, 0.3) is 0 Å². The van der Waals surface area contributed by atoms with Gasteiger partial charge in [-0.2, -0.15) is 0 Å². The van der Waals surface area contributed by atoms with Crippen molar-refractivity contribution in [2.75, 3.05) is 0 Å². The molecule has 0 saturated heterocycles. The van der Waals surface area contributed by atoms with Crippen molar-refractivity contribution < 1.29 is 9.53 Å². The molecular weight excluding hydrogens is 296 g/mol. The second-order valence-corrected chi connectivity index (χ2v) is 7.01. The molecule has 0 aliphatic heterocycles. The zero-order valence-corrected chi connectivity index (χ0v) is 14.9. The summed E-state index contributed by atoms with van der Waals surface area (Å²) >= 11 is 0. The van der Waals surface area contributed by atoms with Gasteiger partial charge in [0.2, 0.25) is 0 Å². The topological polar surface area (TPSA) is 26.3 Å². The van der Waals surface area contributed by atoms with E-state index in [1.54, 1.807) is 24.3 Å². The van der Waals surface area contributed by atoms with Gasteiger partial charge in [-0.1, -0.05) is 51.4 Å².